The van der Waals surface area contributed by atoms with E-state index in [4.69, 9.17) is 14.2 Å². The molecule has 128 valence electrons. The summed E-state index contributed by atoms with van der Waals surface area (Å²) >= 11 is 1.38. The molecule has 0 saturated carbocycles. The van der Waals surface area contributed by atoms with Gasteiger partial charge in [-0.05, 0) is 30.4 Å². The molecule has 0 unspecified atom stereocenters. The van der Waals surface area contributed by atoms with E-state index in [2.05, 4.69) is 0 Å². The summed E-state index contributed by atoms with van der Waals surface area (Å²) in [5.41, 5.74) is 0. The minimum absolute atomic E-state index is 0.137. The monoisotopic (exact) mass is 349 g/mol. The number of hydrogen-bond donors (Lipinski definition) is 0. The lowest BCUT2D eigenvalue weighted by molar-refractivity contribution is -0.145. The fourth-order valence-electron chi connectivity index (χ4n) is 3.00. The van der Waals surface area contributed by atoms with Crippen molar-refractivity contribution in [2.45, 2.75) is 18.9 Å². The highest BCUT2D eigenvalue weighted by atomic mass is 32.1. The molecule has 0 spiro atoms. The van der Waals surface area contributed by atoms with Crippen LogP contribution >= 0.6 is 11.3 Å². The van der Waals surface area contributed by atoms with Crippen LogP contribution in [0.15, 0.2) is 18.2 Å². The Labute approximate surface area is 143 Å². The molecule has 1 aromatic heterocycles. The van der Waals surface area contributed by atoms with Gasteiger partial charge in [-0.25, -0.2) is 4.79 Å². The van der Waals surface area contributed by atoms with E-state index in [1.54, 1.807) is 19.1 Å². The molecule has 2 aromatic rings. The van der Waals surface area contributed by atoms with Gasteiger partial charge in [-0.15, -0.1) is 11.3 Å². The lowest BCUT2D eigenvalue weighted by Crippen LogP contribution is -2.40. The highest BCUT2D eigenvalue weighted by Gasteiger charge is 2.35. The number of likely N-dealkylation sites (tertiary alicyclic amines) is 1. The molecule has 1 aliphatic heterocycles. The van der Waals surface area contributed by atoms with E-state index in [1.807, 2.05) is 18.2 Å². The van der Waals surface area contributed by atoms with Crippen LogP contribution in [0.3, 0.4) is 0 Å². The fourth-order valence-corrected chi connectivity index (χ4v) is 4.03. The van der Waals surface area contributed by atoms with Crippen molar-refractivity contribution in [2.75, 3.05) is 27.9 Å². The third-order valence-electron chi connectivity index (χ3n) is 4.22. The highest BCUT2D eigenvalue weighted by molar-refractivity contribution is 7.20. The van der Waals surface area contributed by atoms with Crippen LogP contribution in [0.1, 0.15) is 22.5 Å². The van der Waals surface area contributed by atoms with Crippen molar-refractivity contribution in [3.8, 4) is 11.5 Å². The summed E-state index contributed by atoms with van der Waals surface area (Å²) in [7, 11) is 4.50. The van der Waals surface area contributed by atoms with Crippen LogP contribution < -0.4 is 9.47 Å². The number of thiophene rings is 1. The quantitative estimate of drug-likeness (QED) is 0.794. The molecule has 1 amide bonds. The van der Waals surface area contributed by atoms with Gasteiger partial charge in [0.15, 0.2) is 11.5 Å². The molecule has 24 heavy (non-hydrogen) atoms. The standard InChI is InChI=1S/C17H19NO5S/c1-21-12-7-10-8-15(24-14(10)9-13(12)22-2)16(19)18-6-4-5-11(18)17(20)23-3/h7-9,11H,4-6H2,1-3H3/t11-/m0/s1. The number of methoxy groups -OCH3 is 3. The van der Waals surface area contributed by atoms with Gasteiger partial charge in [-0.2, -0.15) is 0 Å². The van der Waals surface area contributed by atoms with E-state index in [0.29, 0.717) is 29.3 Å². The lowest BCUT2D eigenvalue weighted by atomic mass is 10.2. The van der Waals surface area contributed by atoms with Crippen molar-refractivity contribution in [1.82, 2.24) is 4.90 Å². The summed E-state index contributed by atoms with van der Waals surface area (Å²) in [4.78, 5) is 26.9. The smallest absolute Gasteiger partial charge is 0.328 e. The third kappa shape index (κ3) is 2.80. The number of carbonyl (C=O) groups excluding carboxylic acids is 2. The Morgan fingerprint density at radius 1 is 1.12 bits per heavy atom. The van der Waals surface area contributed by atoms with Gasteiger partial charge in [0.05, 0.1) is 26.2 Å². The Kier molecular flexibility index (Phi) is 4.62. The van der Waals surface area contributed by atoms with Gasteiger partial charge < -0.3 is 19.1 Å². The van der Waals surface area contributed by atoms with Crippen molar-refractivity contribution in [1.29, 1.82) is 0 Å². The third-order valence-corrected chi connectivity index (χ3v) is 5.31. The van der Waals surface area contributed by atoms with Crippen molar-refractivity contribution < 1.29 is 23.8 Å². The van der Waals surface area contributed by atoms with E-state index in [9.17, 15) is 9.59 Å². The molecule has 3 rings (SSSR count). The maximum absolute atomic E-state index is 12.8. The van der Waals surface area contributed by atoms with Gasteiger partial charge in [-0.3, -0.25) is 4.79 Å². The average Bonchev–Trinajstić information content (AvgIpc) is 3.25. The Balaban J connectivity index is 1.94. The zero-order valence-electron chi connectivity index (χ0n) is 13.8. The van der Waals surface area contributed by atoms with Crippen LogP contribution in [0, 0.1) is 0 Å². The van der Waals surface area contributed by atoms with Crippen molar-refractivity contribution in [3.63, 3.8) is 0 Å². The first kappa shape index (κ1) is 16.6. The normalized spacial score (nSPS) is 17.1. The second kappa shape index (κ2) is 6.68. The Morgan fingerprint density at radius 2 is 1.83 bits per heavy atom. The first-order valence-electron chi connectivity index (χ1n) is 7.63. The van der Waals surface area contributed by atoms with Crippen LogP contribution in [0.2, 0.25) is 0 Å². The molecule has 7 heteroatoms. The van der Waals surface area contributed by atoms with Crippen molar-refractivity contribution >= 4 is 33.3 Å². The van der Waals surface area contributed by atoms with Crippen LogP contribution in [0.25, 0.3) is 10.1 Å². The summed E-state index contributed by atoms with van der Waals surface area (Å²) < 4.78 is 16.3. The summed E-state index contributed by atoms with van der Waals surface area (Å²) in [5.74, 6) is 0.752. The van der Waals surface area contributed by atoms with E-state index >= 15 is 0 Å². The molecule has 1 atom stereocenters. The number of rotatable bonds is 4. The first-order valence-corrected chi connectivity index (χ1v) is 8.45. The lowest BCUT2D eigenvalue weighted by Gasteiger charge is -2.21. The number of benzene rings is 1. The molecule has 0 radical (unpaired) electrons. The van der Waals surface area contributed by atoms with Gasteiger partial charge in [0.2, 0.25) is 0 Å². The van der Waals surface area contributed by atoms with Gasteiger partial charge >= 0.3 is 5.97 Å². The molecule has 2 heterocycles. The van der Waals surface area contributed by atoms with Crippen LogP contribution in [-0.4, -0.2) is 50.7 Å². The summed E-state index contributed by atoms with van der Waals surface area (Å²) in [6, 6.07) is 5.05. The molecule has 0 N–H and O–H groups in total. The SMILES string of the molecule is COC(=O)[C@@H]1CCCN1C(=O)c1cc2cc(OC)c(OC)cc2s1. The molecular formula is C17H19NO5S. The minimum Gasteiger partial charge on any atom is -0.493 e. The second-order valence-electron chi connectivity index (χ2n) is 5.54. The predicted molar refractivity (Wildman–Crippen MR) is 91.0 cm³/mol. The number of ether oxygens (including phenoxy) is 3. The topological polar surface area (TPSA) is 65.1 Å². The van der Waals surface area contributed by atoms with Crippen molar-refractivity contribution in [2.24, 2.45) is 0 Å². The molecule has 1 aromatic carbocycles. The number of fused-ring (bicyclic) bond motifs is 1. The van der Waals surface area contributed by atoms with Crippen LogP contribution in [-0.2, 0) is 9.53 Å². The number of carbonyl (C=O) groups is 2. The Morgan fingerprint density at radius 3 is 2.50 bits per heavy atom. The number of amides is 1. The second-order valence-corrected chi connectivity index (χ2v) is 6.62. The highest BCUT2D eigenvalue weighted by Crippen LogP contribution is 2.37. The van der Waals surface area contributed by atoms with Gasteiger partial charge in [-0.1, -0.05) is 0 Å². The molecule has 6 nitrogen and oxygen atoms in total. The maximum atomic E-state index is 12.8. The van der Waals surface area contributed by atoms with Crippen molar-refractivity contribution in [3.05, 3.63) is 23.1 Å². The Bertz CT molecular complexity index is 744. The largest absolute Gasteiger partial charge is 0.493 e. The summed E-state index contributed by atoms with van der Waals surface area (Å²) in [6.45, 7) is 0.569. The molecular weight excluding hydrogens is 330 g/mol. The number of nitrogens with zero attached hydrogens (tertiary/aromatic N) is 1. The van der Waals surface area contributed by atoms with E-state index < -0.39 is 6.04 Å². The average molecular weight is 349 g/mol. The summed E-state index contributed by atoms with van der Waals surface area (Å²) in [6.07, 6.45) is 1.45. The van der Waals surface area contributed by atoms with Crippen LogP contribution in [0.4, 0.5) is 0 Å². The first-order chi connectivity index (χ1) is 11.6. The predicted octanol–water partition coefficient (Wildman–Crippen LogP) is 2.70. The van der Waals surface area contributed by atoms with E-state index in [0.717, 1.165) is 16.5 Å². The molecule has 1 aliphatic rings. The maximum Gasteiger partial charge on any atom is 0.328 e. The zero-order valence-corrected chi connectivity index (χ0v) is 14.6. The minimum atomic E-state index is -0.489. The number of esters is 1. The summed E-state index contributed by atoms with van der Waals surface area (Å²) in [5, 5.41) is 0.912. The van der Waals surface area contributed by atoms with Gasteiger partial charge in [0.1, 0.15) is 6.04 Å². The molecule has 1 saturated heterocycles. The van der Waals surface area contributed by atoms with Gasteiger partial charge in [0, 0.05) is 17.3 Å². The zero-order chi connectivity index (χ0) is 17.3. The van der Waals surface area contributed by atoms with E-state index in [1.165, 1.54) is 18.4 Å². The molecule has 1 fully saturated rings. The molecule has 0 aliphatic carbocycles. The molecule has 0 bridgehead atoms. The van der Waals surface area contributed by atoms with Crippen LogP contribution in [0.5, 0.6) is 11.5 Å². The van der Waals surface area contributed by atoms with E-state index in [-0.39, 0.29) is 11.9 Å². The number of hydrogen-bond acceptors (Lipinski definition) is 6. The Hall–Kier alpha value is -2.28. The van der Waals surface area contributed by atoms with Gasteiger partial charge in [0.25, 0.3) is 5.91 Å². The fraction of sp³-hybridized carbons (Fsp3) is 0.412.